The van der Waals surface area contributed by atoms with Gasteiger partial charge in [0.1, 0.15) is 0 Å². The van der Waals surface area contributed by atoms with Crippen molar-refractivity contribution in [2.24, 2.45) is 0 Å². The first kappa shape index (κ1) is 18.6. The number of aryl methyl sites for hydroxylation is 3. The number of nitrogens with zero attached hydrogens (tertiary/aromatic N) is 1. The molecule has 27 heavy (non-hydrogen) atoms. The molecule has 0 unspecified atom stereocenters. The number of hydrogen-bond acceptors (Lipinski definition) is 4. The normalized spacial score (nSPS) is 11.9. The van der Waals surface area contributed by atoms with Crippen LogP contribution in [-0.4, -0.2) is 23.0 Å². The van der Waals surface area contributed by atoms with Crippen LogP contribution in [0.2, 0.25) is 0 Å². The topological polar surface area (TPSA) is 68.3 Å². The van der Waals surface area contributed by atoms with Crippen LogP contribution in [0.15, 0.2) is 48.5 Å². The van der Waals surface area contributed by atoms with E-state index in [1.54, 1.807) is 13.8 Å². The van der Waals surface area contributed by atoms with Gasteiger partial charge in [0.15, 0.2) is 6.10 Å². The summed E-state index contributed by atoms with van der Waals surface area (Å²) in [6, 6.07) is 15.1. The highest BCUT2D eigenvalue weighted by Crippen LogP contribution is 2.23. The van der Waals surface area contributed by atoms with E-state index in [1.165, 1.54) is 0 Å². The van der Waals surface area contributed by atoms with Crippen molar-refractivity contribution in [1.82, 2.24) is 4.98 Å². The number of carbonyl (C=O) groups excluding carboxylic acids is 2. The van der Waals surface area contributed by atoms with Crippen molar-refractivity contribution in [3.8, 4) is 0 Å². The van der Waals surface area contributed by atoms with Gasteiger partial charge in [0.05, 0.1) is 16.8 Å². The Kier molecular flexibility index (Phi) is 5.21. The Hall–Kier alpha value is -3.21. The van der Waals surface area contributed by atoms with Crippen LogP contribution in [0.3, 0.4) is 0 Å². The first-order valence-corrected chi connectivity index (χ1v) is 8.81. The number of benzene rings is 2. The minimum Gasteiger partial charge on any atom is -0.449 e. The Morgan fingerprint density at radius 1 is 1.00 bits per heavy atom. The lowest BCUT2D eigenvalue weighted by Gasteiger charge is -2.16. The number of hydrogen-bond donors (Lipinski definition) is 1. The molecule has 3 rings (SSSR count). The largest absolute Gasteiger partial charge is 0.449 e. The summed E-state index contributed by atoms with van der Waals surface area (Å²) in [5.41, 5.74) is 4.38. The Bertz CT molecular complexity index is 1010. The molecule has 1 amide bonds. The Balaban J connectivity index is 1.77. The molecule has 0 saturated carbocycles. The van der Waals surface area contributed by atoms with Crippen LogP contribution in [-0.2, 0) is 9.53 Å². The molecule has 3 aromatic rings. The lowest BCUT2D eigenvalue weighted by atomic mass is 10.0. The molecule has 138 valence electrons. The molecular weight excluding hydrogens is 340 g/mol. The molecule has 1 N–H and O–H groups in total. The number of para-hydroxylation sites is 1. The zero-order valence-corrected chi connectivity index (χ0v) is 15.9. The van der Waals surface area contributed by atoms with E-state index >= 15 is 0 Å². The molecule has 0 bridgehead atoms. The first-order chi connectivity index (χ1) is 12.9. The molecule has 5 heteroatoms. The number of nitrogens with one attached hydrogen (secondary N) is 1. The quantitative estimate of drug-likeness (QED) is 0.701. The molecule has 0 aliphatic heterocycles. The summed E-state index contributed by atoms with van der Waals surface area (Å²) in [4.78, 5) is 29.5. The van der Waals surface area contributed by atoms with Crippen LogP contribution in [0.4, 0.5) is 5.69 Å². The van der Waals surface area contributed by atoms with Crippen molar-refractivity contribution >= 4 is 28.5 Å². The summed E-state index contributed by atoms with van der Waals surface area (Å²) in [5.74, 6) is -0.925. The maximum absolute atomic E-state index is 12.7. The third-order valence-corrected chi connectivity index (χ3v) is 4.51. The van der Waals surface area contributed by atoms with Gasteiger partial charge in [-0.05, 0) is 51.5 Å². The lowest BCUT2D eigenvalue weighted by Crippen LogP contribution is -2.30. The molecule has 0 fully saturated rings. The third-order valence-electron chi connectivity index (χ3n) is 4.51. The summed E-state index contributed by atoms with van der Waals surface area (Å²) in [6.45, 7) is 7.16. The van der Waals surface area contributed by atoms with E-state index in [9.17, 15) is 9.59 Å². The summed E-state index contributed by atoms with van der Waals surface area (Å²) in [7, 11) is 0. The fraction of sp³-hybridized carbons (Fsp3) is 0.227. The van der Waals surface area contributed by atoms with Crippen molar-refractivity contribution < 1.29 is 14.3 Å². The number of ether oxygens (including phenoxy) is 1. The van der Waals surface area contributed by atoms with E-state index in [-0.39, 0.29) is 5.91 Å². The molecular formula is C22H22N2O3. The second kappa shape index (κ2) is 7.58. The number of esters is 1. The van der Waals surface area contributed by atoms with Crippen LogP contribution in [0.1, 0.15) is 34.1 Å². The molecule has 2 aromatic carbocycles. The van der Waals surface area contributed by atoms with E-state index in [4.69, 9.17) is 4.74 Å². The zero-order valence-electron chi connectivity index (χ0n) is 15.9. The number of fused-ring (bicyclic) bond motifs is 1. The van der Waals surface area contributed by atoms with E-state index in [0.29, 0.717) is 16.9 Å². The molecule has 1 aromatic heterocycles. The molecule has 0 aliphatic rings. The second-order valence-corrected chi connectivity index (χ2v) is 6.62. The van der Waals surface area contributed by atoms with Crippen molar-refractivity contribution in [2.75, 3.05) is 5.32 Å². The number of aromatic nitrogens is 1. The van der Waals surface area contributed by atoms with Crippen molar-refractivity contribution in [1.29, 1.82) is 0 Å². The van der Waals surface area contributed by atoms with Gasteiger partial charge < -0.3 is 10.1 Å². The predicted molar refractivity (Wildman–Crippen MR) is 106 cm³/mol. The number of carbonyl (C=O) groups is 2. The average Bonchev–Trinajstić information content (AvgIpc) is 2.63. The maximum atomic E-state index is 12.7. The molecule has 1 heterocycles. The predicted octanol–water partition coefficient (Wildman–Crippen LogP) is 4.34. The van der Waals surface area contributed by atoms with Gasteiger partial charge in [-0.25, -0.2) is 4.79 Å². The maximum Gasteiger partial charge on any atom is 0.341 e. The fourth-order valence-corrected chi connectivity index (χ4v) is 2.99. The zero-order chi connectivity index (χ0) is 19.6. The monoisotopic (exact) mass is 362 g/mol. The number of anilines is 1. The van der Waals surface area contributed by atoms with Crippen LogP contribution in [0.5, 0.6) is 0 Å². The Morgan fingerprint density at radius 3 is 2.37 bits per heavy atom. The van der Waals surface area contributed by atoms with Gasteiger partial charge in [-0.3, -0.25) is 9.78 Å². The standard InChI is InChI=1S/C22H22N2O3/c1-13-9-11-17(12-10-13)24-21(25)16(4)27-22(26)20-14(2)18-7-5-6-8-19(18)23-15(20)3/h5-12,16H,1-4H3,(H,24,25)/t16-/m0/s1. The van der Waals surface area contributed by atoms with Gasteiger partial charge in [0.2, 0.25) is 0 Å². The van der Waals surface area contributed by atoms with Crippen LogP contribution >= 0.6 is 0 Å². The average molecular weight is 362 g/mol. The first-order valence-electron chi connectivity index (χ1n) is 8.81. The van der Waals surface area contributed by atoms with Gasteiger partial charge in [0, 0.05) is 11.1 Å². The summed E-state index contributed by atoms with van der Waals surface area (Å²) >= 11 is 0. The van der Waals surface area contributed by atoms with Crippen molar-refractivity contribution in [3.05, 3.63) is 70.9 Å². The second-order valence-electron chi connectivity index (χ2n) is 6.62. The van der Waals surface area contributed by atoms with E-state index in [2.05, 4.69) is 10.3 Å². The van der Waals surface area contributed by atoms with Gasteiger partial charge in [-0.1, -0.05) is 35.9 Å². The van der Waals surface area contributed by atoms with E-state index < -0.39 is 12.1 Å². The highest BCUT2D eigenvalue weighted by atomic mass is 16.5. The number of rotatable bonds is 4. The van der Waals surface area contributed by atoms with Gasteiger partial charge >= 0.3 is 5.97 Å². The van der Waals surface area contributed by atoms with Crippen LogP contribution < -0.4 is 5.32 Å². The summed E-state index contributed by atoms with van der Waals surface area (Å²) in [6.07, 6.45) is -0.927. The van der Waals surface area contributed by atoms with Crippen molar-refractivity contribution in [2.45, 2.75) is 33.8 Å². The number of pyridine rings is 1. The Labute approximate surface area is 158 Å². The molecule has 0 saturated heterocycles. The van der Waals surface area contributed by atoms with Gasteiger partial charge in [-0.15, -0.1) is 0 Å². The van der Waals surface area contributed by atoms with E-state index in [1.807, 2.05) is 62.4 Å². The molecule has 0 radical (unpaired) electrons. The molecule has 5 nitrogen and oxygen atoms in total. The molecule has 1 atom stereocenters. The van der Waals surface area contributed by atoms with Gasteiger partial charge in [-0.2, -0.15) is 0 Å². The van der Waals surface area contributed by atoms with Crippen LogP contribution in [0.25, 0.3) is 10.9 Å². The Morgan fingerprint density at radius 2 is 1.67 bits per heavy atom. The smallest absolute Gasteiger partial charge is 0.341 e. The highest BCUT2D eigenvalue weighted by molar-refractivity contribution is 6.01. The fourth-order valence-electron chi connectivity index (χ4n) is 2.99. The summed E-state index contributed by atoms with van der Waals surface area (Å²) in [5, 5.41) is 3.65. The van der Waals surface area contributed by atoms with E-state index in [0.717, 1.165) is 22.0 Å². The lowest BCUT2D eigenvalue weighted by molar-refractivity contribution is -0.123. The molecule has 0 aliphatic carbocycles. The summed E-state index contributed by atoms with van der Waals surface area (Å²) < 4.78 is 5.41. The highest BCUT2D eigenvalue weighted by Gasteiger charge is 2.23. The van der Waals surface area contributed by atoms with Crippen molar-refractivity contribution in [3.63, 3.8) is 0 Å². The minimum atomic E-state index is -0.927. The SMILES string of the molecule is Cc1ccc(NC(=O)[C@H](C)OC(=O)c2c(C)nc3ccccc3c2C)cc1. The molecule has 0 spiro atoms. The number of amides is 1. The van der Waals surface area contributed by atoms with Crippen LogP contribution in [0, 0.1) is 20.8 Å². The van der Waals surface area contributed by atoms with Gasteiger partial charge in [0.25, 0.3) is 5.91 Å². The minimum absolute atomic E-state index is 0.378. The third kappa shape index (κ3) is 3.97.